The van der Waals surface area contributed by atoms with E-state index in [1.54, 1.807) is 0 Å². The van der Waals surface area contributed by atoms with Gasteiger partial charge in [0.15, 0.2) is 5.82 Å². The van der Waals surface area contributed by atoms with Crippen LogP contribution in [0.2, 0.25) is 0 Å². The third-order valence-corrected chi connectivity index (χ3v) is 10.9. The van der Waals surface area contributed by atoms with E-state index in [-0.39, 0.29) is 48.1 Å². The number of aromatic nitrogens is 2. The van der Waals surface area contributed by atoms with Crippen LogP contribution in [-0.2, 0) is 11.2 Å². The number of pyridine rings is 1. The zero-order valence-corrected chi connectivity index (χ0v) is 24.3. The highest BCUT2D eigenvalue weighted by Gasteiger charge is 2.59. The molecule has 1 aromatic carbocycles. The minimum absolute atomic E-state index is 0.122. The standard InChI is InChI=1S/C28H27BrFN5O4S/c1-39-28(38)34-17-7-13(17)8-18(34)19-10-16-25(35(19)24-14-9-20(24)33(11-14)27(36)37)15-6-12(4-3-5-31)21(29)22(30)23(15)32-26(16)40-2/h6,10,13-14,17-18,20,24H,3-4,7-9,11H2,1-2H3,(H,36,37)/t13-,14+,17-,18+,20+,24-/m0/s1. The van der Waals surface area contributed by atoms with E-state index >= 15 is 4.39 Å². The molecule has 12 heteroatoms. The van der Waals surface area contributed by atoms with Crippen molar-refractivity contribution < 1.29 is 23.8 Å². The molecule has 40 heavy (non-hydrogen) atoms. The average Bonchev–Trinajstić information content (AvgIpc) is 3.32. The van der Waals surface area contributed by atoms with Crippen LogP contribution in [0.25, 0.3) is 21.8 Å². The lowest BCUT2D eigenvalue weighted by molar-refractivity contribution is 0.104. The summed E-state index contributed by atoms with van der Waals surface area (Å²) in [4.78, 5) is 33.2. The first-order valence-corrected chi connectivity index (χ1v) is 15.4. The van der Waals surface area contributed by atoms with Crippen LogP contribution in [0.1, 0.15) is 49.0 Å². The van der Waals surface area contributed by atoms with Crippen LogP contribution in [0.5, 0.6) is 0 Å². The van der Waals surface area contributed by atoms with Crippen molar-refractivity contribution >= 4 is 61.7 Å². The number of nitrogens with zero attached hydrogens (tertiary/aromatic N) is 5. The number of piperidine rings is 1. The normalized spacial score (nSPS) is 28.1. The molecule has 2 aromatic heterocycles. The zero-order chi connectivity index (χ0) is 28.0. The van der Waals surface area contributed by atoms with E-state index in [1.807, 2.05) is 17.2 Å². The molecule has 0 spiro atoms. The molecule has 2 saturated carbocycles. The minimum Gasteiger partial charge on any atom is -0.465 e. The Kier molecular flexibility index (Phi) is 5.98. The number of carbonyl (C=O) groups is 2. The molecule has 5 fully saturated rings. The Hall–Kier alpha value is -3.04. The van der Waals surface area contributed by atoms with Crippen molar-refractivity contribution in [2.75, 3.05) is 19.9 Å². The first-order valence-electron chi connectivity index (χ1n) is 13.4. The second kappa shape index (κ2) is 9.24. The highest BCUT2D eigenvalue weighted by atomic mass is 79.9. The van der Waals surface area contributed by atoms with E-state index < -0.39 is 11.9 Å². The van der Waals surface area contributed by atoms with E-state index in [9.17, 15) is 20.0 Å². The van der Waals surface area contributed by atoms with E-state index in [4.69, 9.17) is 9.72 Å². The molecule has 9 nitrogen and oxygen atoms in total. The SMILES string of the molecule is COC(=O)N1[C@@H](c2cc3c(SC)nc4c(F)c(Br)c(CCC#N)cc4c3n2[C@H]2[C@@H]3C[C@H]2N(C(=O)O)C3)C[C@@H]2C[C@@H]21. The van der Waals surface area contributed by atoms with E-state index in [0.717, 1.165) is 35.9 Å². The largest absolute Gasteiger partial charge is 0.465 e. The van der Waals surface area contributed by atoms with Gasteiger partial charge >= 0.3 is 12.2 Å². The fourth-order valence-corrected chi connectivity index (χ4v) is 8.55. The molecule has 5 heterocycles. The van der Waals surface area contributed by atoms with E-state index in [0.29, 0.717) is 39.3 Å². The molecule has 1 N–H and O–H groups in total. The van der Waals surface area contributed by atoms with Crippen molar-refractivity contribution in [2.24, 2.45) is 11.8 Å². The van der Waals surface area contributed by atoms with Gasteiger partial charge in [-0.15, -0.1) is 11.8 Å². The molecule has 2 amide bonds. The van der Waals surface area contributed by atoms with E-state index in [1.165, 1.54) is 23.8 Å². The summed E-state index contributed by atoms with van der Waals surface area (Å²) < 4.78 is 23.6. The Bertz CT molecular complexity index is 1660. The number of carbonyl (C=O) groups excluding carboxylic acids is 1. The third kappa shape index (κ3) is 3.52. The monoisotopic (exact) mass is 627 g/mol. The van der Waals surface area contributed by atoms with Crippen molar-refractivity contribution in [1.29, 1.82) is 5.26 Å². The number of amides is 2. The van der Waals surface area contributed by atoms with Crippen molar-refractivity contribution in [3.8, 4) is 6.07 Å². The summed E-state index contributed by atoms with van der Waals surface area (Å²) in [5.74, 6) is 0.0568. The van der Waals surface area contributed by atoms with Gasteiger partial charge in [-0.05, 0) is 71.5 Å². The smallest absolute Gasteiger partial charge is 0.410 e. The number of ether oxygens (including phenoxy) is 1. The van der Waals surface area contributed by atoms with Crippen molar-refractivity contribution in [3.05, 3.63) is 33.7 Å². The molecular weight excluding hydrogens is 601 g/mol. The number of benzene rings is 1. The van der Waals surface area contributed by atoms with Gasteiger partial charge in [0.2, 0.25) is 0 Å². The van der Waals surface area contributed by atoms with Crippen LogP contribution in [-0.4, -0.2) is 68.6 Å². The second-order valence-corrected chi connectivity index (χ2v) is 12.8. The molecule has 3 aliphatic heterocycles. The Morgan fingerprint density at radius 3 is 2.70 bits per heavy atom. The lowest BCUT2D eigenvalue weighted by Crippen LogP contribution is -2.43. The van der Waals surface area contributed by atoms with Crippen LogP contribution >= 0.6 is 27.7 Å². The quantitative estimate of drug-likeness (QED) is 0.340. The highest BCUT2D eigenvalue weighted by molar-refractivity contribution is 9.10. The Balaban J connectivity index is 1.52. The molecule has 8 rings (SSSR count). The number of fused-ring (bicyclic) bond motifs is 5. The number of halogens is 2. The molecule has 5 aliphatic rings. The Morgan fingerprint density at radius 2 is 2.02 bits per heavy atom. The topological polar surface area (TPSA) is 112 Å². The second-order valence-electron chi connectivity index (χ2n) is 11.2. The maximum atomic E-state index is 15.9. The fraction of sp³-hybridized carbons (Fsp3) is 0.500. The Labute approximate surface area is 242 Å². The molecule has 0 unspecified atom stereocenters. The van der Waals surface area contributed by atoms with Gasteiger partial charge in [-0.2, -0.15) is 5.26 Å². The number of aryl methyl sites for hydroxylation is 1. The lowest BCUT2D eigenvalue weighted by atomic mass is 9.79. The maximum Gasteiger partial charge on any atom is 0.410 e. The van der Waals surface area contributed by atoms with Gasteiger partial charge < -0.3 is 19.3 Å². The van der Waals surface area contributed by atoms with Gasteiger partial charge in [-0.1, -0.05) is 0 Å². The number of nitriles is 1. The summed E-state index contributed by atoms with van der Waals surface area (Å²) in [6.45, 7) is 0.451. The van der Waals surface area contributed by atoms with Crippen LogP contribution in [0, 0.1) is 29.0 Å². The van der Waals surface area contributed by atoms with E-state index in [2.05, 4.69) is 32.6 Å². The first kappa shape index (κ1) is 25.9. The highest BCUT2D eigenvalue weighted by Crippen LogP contribution is 2.58. The summed E-state index contributed by atoms with van der Waals surface area (Å²) in [7, 11) is 1.40. The van der Waals surface area contributed by atoms with Crippen molar-refractivity contribution in [1.82, 2.24) is 19.4 Å². The number of hydrogen-bond acceptors (Lipinski definition) is 6. The van der Waals surface area contributed by atoms with Crippen LogP contribution in [0.4, 0.5) is 14.0 Å². The number of likely N-dealkylation sites (tertiary alicyclic amines) is 1. The third-order valence-electron chi connectivity index (χ3n) is 9.35. The summed E-state index contributed by atoms with van der Waals surface area (Å²) >= 11 is 4.83. The van der Waals surface area contributed by atoms with Gasteiger partial charge in [-0.3, -0.25) is 4.90 Å². The van der Waals surface area contributed by atoms with Gasteiger partial charge in [0.25, 0.3) is 0 Å². The molecular formula is C28H27BrFN5O4S. The predicted octanol–water partition coefficient (Wildman–Crippen LogP) is 6.09. The molecule has 2 bridgehead atoms. The number of carboxylic acid groups (broad SMARTS) is 1. The average molecular weight is 629 g/mol. The van der Waals surface area contributed by atoms with Crippen molar-refractivity contribution in [2.45, 2.75) is 61.3 Å². The summed E-state index contributed by atoms with van der Waals surface area (Å²) in [6, 6.07) is 5.72. The molecule has 2 aliphatic carbocycles. The molecule has 0 radical (unpaired) electrons. The van der Waals surface area contributed by atoms with Gasteiger partial charge in [0, 0.05) is 41.4 Å². The van der Waals surface area contributed by atoms with Crippen LogP contribution < -0.4 is 0 Å². The summed E-state index contributed by atoms with van der Waals surface area (Å²) in [5.41, 5.74) is 2.65. The minimum atomic E-state index is -0.934. The fourth-order valence-electron chi connectivity index (χ4n) is 7.49. The summed E-state index contributed by atoms with van der Waals surface area (Å²) in [6.07, 6.45) is 3.76. The first-order chi connectivity index (χ1) is 19.3. The zero-order valence-electron chi connectivity index (χ0n) is 21.9. The van der Waals surface area contributed by atoms with Crippen LogP contribution in [0.15, 0.2) is 21.6 Å². The van der Waals surface area contributed by atoms with Crippen molar-refractivity contribution in [3.63, 3.8) is 0 Å². The molecule has 3 aromatic rings. The maximum absolute atomic E-state index is 15.9. The number of methoxy groups -OCH3 is 1. The lowest BCUT2D eigenvalue weighted by Gasteiger charge is -2.40. The van der Waals surface area contributed by atoms with Gasteiger partial charge in [-0.25, -0.2) is 19.0 Å². The summed E-state index contributed by atoms with van der Waals surface area (Å²) in [5, 5.41) is 21.3. The van der Waals surface area contributed by atoms with Gasteiger partial charge in [0.05, 0.1) is 41.3 Å². The molecule has 3 saturated heterocycles. The molecule has 208 valence electrons. The molecule has 6 atom stereocenters. The number of thioether (sulfide) groups is 1. The predicted molar refractivity (Wildman–Crippen MR) is 150 cm³/mol. The Morgan fingerprint density at radius 1 is 1.25 bits per heavy atom. The van der Waals surface area contributed by atoms with Gasteiger partial charge in [0.1, 0.15) is 10.5 Å². The number of hydrogen-bond donors (Lipinski definition) is 1. The number of rotatable bonds is 5. The van der Waals surface area contributed by atoms with Crippen LogP contribution in [0.3, 0.4) is 0 Å².